The minimum atomic E-state index is -0.468. The Hall–Kier alpha value is -1.10. The van der Waals surface area contributed by atoms with Crippen molar-refractivity contribution in [3.8, 4) is 0 Å². The van der Waals surface area contributed by atoms with Gasteiger partial charge in [0.2, 0.25) is 0 Å². The number of hydrogen-bond donors (Lipinski definition) is 2. The standard InChI is InChI=1S/C14H23NO3/c1-3-14(17)12-6-4-5-7-13(12)15(8-10-16)9-11-18-2/h4-7,14,16-17H,3,8-11H2,1-2H3. The van der Waals surface area contributed by atoms with Crippen molar-refractivity contribution in [3.63, 3.8) is 0 Å². The van der Waals surface area contributed by atoms with Crippen LogP contribution in [0.5, 0.6) is 0 Å². The van der Waals surface area contributed by atoms with Crippen LogP contribution in [-0.4, -0.2) is 43.6 Å². The summed E-state index contributed by atoms with van der Waals surface area (Å²) in [5.41, 5.74) is 1.88. The molecule has 0 heterocycles. The van der Waals surface area contributed by atoms with Gasteiger partial charge in [-0.15, -0.1) is 0 Å². The van der Waals surface area contributed by atoms with E-state index in [9.17, 15) is 5.11 Å². The van der Waals surface area contributed by atoms with Gasteiger partial charge in [-0.1, -0.05) is 25.1 Å². The lowest BCUT2D eigenvalue weighted by atomic mass is 10.0. The van der Waals surface area contributed by atoms with Crippen LogP contribution in [0.2, 0.25) is 0 Å². The van der Waals surface area contributed by atoms with Crippen LogP contribution in [0.1, 0.15) is 25.0 Å². The summed E-state index contributed by atoms with van der Waals surface area (Å²) in [4.78, 5) is 2.04. The number of aliphatic hydroxyl groups is 2. The van der Waals surface area contributed by atoms with Crippen molar-refractivity contribution >= 4 is 5.69 Å². The molecule has 0 aliphatic carbocycles. The summed E-state index contributed by atoms with van der Waals surface area (Å²) < 4.78 is 5.08. The fraction of sp³-hybridized carbons (Fsp3) is 0.571. The highest BCUT2D eigenvalue weighted by Gasteiger charge is 2.14. The molecule has 0 amide bonds. The molecule has 102 valence electrons. The zero-order chi connectivity index (χ0) is 13.4. The number of nitrogens with zero attached hydrogens (tertiary/aromatic N) is 1. The van der Waals surface area contributed by atoms with Gasteiger partial charge in [-0.2, -0.15) is 0 Å². The predicted molar refractivity (Wildman–Crippen MR) is 72.9 cm³/mol. The molecule has 0 bridgehead atoms. The van der Waals surface area contributed by atoms with E-state index in [4.69, 9.17) is 9.84 Å². The minimum Gasteiger partial charge on any atom is -0.395 e. The first-order valence-electron chi connectivity index (χ1n) is 6.36. The zero-order valence-corrected chi connectivity index (χ0v) is 11.2. The molecule has 0 radical (unpaired) electrons. The highest BCUT2D eigenvalue weighted by atomic mass is 16.5. The van der Waals surface area contributed by atoms with Gasteiger partial charge >= 0.3 is 0 Å². The van der Waals surface area contributed by atoms with Crippen LogP contribution in [0, 0.1) is 0 Å². The van der Waals surface area contributed by atoms with Crippen molar-refractivity contribution in [2.45, 2.75) is 19.4 Å². The van der Waals surface area contributed by atoms with Gasteiger partial charge in [-0.25, -0.2) is 0 Å². The average Bonchev–Trinajstić information content (AvgIpc) is 2.42. The molecule has 1 aromatic carbocycles. The van der Waals surface area contributed by atoms with Gasteiger partial charge in [-0.05, 0) is 12.5 Å². The van der Waals surface area contributed by atoms with Gasteiger partial charge in [0, 0.05) is 31.5 Å². The summed E-state index contributed by atoms with van der Waals surface area (Å²) in [6.07, 6.45) is 0.207. The second kappa shape index (κ2) is 8.08. The van der Waals surface area contributed by atoms with Crippen molar-refractivity contribution in [2.24, 2.45) is 0 Å². The van der Waals surface area contributed by atoms with E-state index >= 15 is 0 Å². The lowest BCUT2D eigenvalue weighted by Gasteiger charge is -2.27. The second-order valence-electron chi connectivity index (χ2n) is 4.19. The van der Waals surface area contributed by atoms with Gasteiger partial charge in [-0.3, -0.25) is 0 Å². The van der Waals surface area contributed by atoms with Crippen molar-refractivity contribution in [1.82, 2.24) is 0 Å². The molecule has 0 saturated carbocycles. The lowest BCUT2D eigenvalue weighted by Crippen LogP contribution is -2.31. The maximum atomic E-state index is 10.0. The molecule has 18 heavy (non-hydrogen) atoms. The molecule has 1 unspecified atom stereocenters. The summed E-state index contributed by atoms with van der Waals surface area (Å²) in [6.45, 7) is 3.87. The van der Waals surface area contributed by atoms with Crippen LogP contribution in [0.25, 0.3) is 0 Å². The third-order valence-corrected chi connectivity index (χ3v) is 2.96. The smallest absolute Gasteiger partial charge is 0.0807 e. The number of ether oxygens (including phenoxy) is 1. The van der Waals surface area contributed by atoms with Gasteiger partial charge in [0.05, 0.1) is 19.3 Å². The average molecular weight is 253 g/mol. The predicted octanol–water partition coefficient (Wildman–Crippen LogP) is 1.58. The van der Waals surface area contributed by atoms with Crippen LogP contribution >= 0.6 is 0 Å². The Labute approximate surface area is 109 Å². The Morgan fingerprint density at radius 3 is 2.61 bits per heavy atom. The van der Waals surface area contributed by atoms with Crippen LogP contribution in [0.15, 0.2) is 24.3 Å². The van der Waals surface area contributed by atoms with Gasteiger partial charge in [0.15, 0.2) is 0 Å². The van der Waals surface area contributed by atoms with E-state index in [1.165, 1.54) is 0 Å². The van der Waals surface area contributed by atoms with Crippen molar-refractivity contribution in [3.05, 3.63) is 29.8 Å². The molecule has 0 spiro atoms. The molecule has 1 rings (SSSR count). The normalized spacial score (nSPS) is 12.4. The molecule has 0 fully saturated rings. The molecule has 4 nitrogen and oxygen atoms in total. The number of benzene rings is 1. The first-order chi connectivity index (χ1) is 8.74. The van der Waals surface area contributed by atoms with E-state index in [1.54, 1.807) is 7.11 Å². The van der Waals surface area contributed by atoms with Crippen LogP contribution < -0.4 is 4.90 Å². The SMILES string of the molecule is CCC(O)c1ccccc1N(CCO)CCOC. The van der Waals surface area contributed by atoms with Crippen LogP contribution in [-0.2, 0) is 4.74 Å². The molecule has 0 aliphatic rings. The van der Waals surface area contributed by atoms with E-state index in [2.05, 4.69) is 0 Å². The highest BCUT2D eigenvalue weighted by Crippen LogP contribution is 2.27. The highest BCUT2D eigenvalue weighted by molar-refractivity contribution is 5.54. The number of methoxy groups -OCH3 is 1. The number of hydrogen-bond acceptors (Lipinski definition) is 4. The summed E-state index contributed by atoms with van der Waals surface area (Å²) in [5, 5.41) is 19.2. The lowest BCUT2D eigenvalue weighted by molar-refractivity contribution is 0.173. The summed E-state index contributed by atoms with van der Waals surface area (Å²) >= 11 is 0. The number of rotatable bonds is 8. The van der Waals surface area contributed by atoms with E-state index in [0.29, 0.717) is 26.1 Å². The number of anilines is 1. The quantitative estimate of drug-likeness (QED) is 0.738. The molecule has 0 aliphatic heterocycles. The largest absolute Gasteiger partial charge is 0.395 e. The number of aliphatic hydroxyl groups excluding tert-OH is 2. The Balaban J connectivity index is 2.94. The third-order valence-electron chi connectivity index (χ3n) is 2.96. The number of para-hydroxylation sites is 1. The molecule has 0 aromatic heterocycles. The Bertz CT molecular complexity index is 344. The molecule has 0 saturated heterocycles. The van der Waals surface area contributed by atoms with Crippen molar-refractivity contribution in [2.75, 3.05) is 38.3 Å². The second-order valence-corrected chi connectivity index (χ2v) is 4.19. The van der Waals surface area contributed by atoms with Crippen molar-refractivity contribution < 1.29 is 14.9 Å². The van der Waals surface area contributed by atoms with Crippen molar-refractivity contribution in [1.29, 1.82) is 0 Å². The molecule has 1 atom stereocenters. The summed E-state index contributed by atoms with van der Waals surface area (Å²) in [5.74, 6) is 0. The minimum absolute atomic E-state index is 0.0836. The molecule has 2 N–H and O–H groups in total. The Morgan fingerprint density at radius 2 is 2.00 bits per heavy atom. The Morgan fingerprint density at radius 1 is 1.28 bits per heavy atom. The fourth-order valence-corrected chi connectivity index (χ4v) is 1.95. The fourth-order valence-electron chi connectivity index (χ4n) is 1.95. The molecular weight excluding hydrogens is 230 g/mol. The van der Waals surface area contributed by atoms with E-state index in [1.807, 2.05) is 36.1 Å². The zero-order valence-electron chi connectivity index (χ0n) is 11.2. The third kappa shape index (κ3) is 3.98. The first-order valence-corrected chi connectivity index (χ1v) is 6.36. The maximum absolute atomic E-state index is 10.0. The maximum Gasteiger partial charge on any atom is 0.0807 e. The summed E-state index contributed by atoms with van der Waals surface area (Å²) in [6, 6.07) is 7.77. The van der Waals surface area contributed by atoms with E-state index in [0.717, 1.165) is 11.3 Å². The first kappa shape index (κ1) is 15.0. The molecule has 1 aromatic rings. The van der Waals surface area contributed by atoms with Gasteiger partial charge in [0.25, 0.3) is 0 Å². The van der Waals surface area contributed by atoms with Gasteiger partial charge in [0.1, 0.15) is 0 Å². The molecule has 4 heteroatoms. The van der Waals surface area contributed by atoms with E-state index < -0.39 is 6.10 Å². The molecular formula is C14H23NO3. The van der Waals surface area contributed by atoms with E-state index in [-0.39, 0.29) is 6.61 Å². The monoisotopic (exact) mass is 253 g/mol. The Kier molecular flexibility index (Phi) is 6.72. The van der Waals surface area contributed by atoms with Gasteiger partial charge < -0.3 is 19.8 Å². The summed E-state index contributed by atoms with van der Waals surface area (Å²) in [7, 11) is 1.66. The topological polar surface area (TPSA) is 52.9 Å². The van der Waals surface area contributed by atoms with Crippen LogP contribution in [0.4, 0.5) is 5.69 Å². The van der Waals surface area contributed by atoms with Crippen LogP contribution in [0.3, 0.4) is 0 Å².